The van der Waals surface area contributed by atoms with Crippen LogP contribution in [0.3, 0.4) is 0 Å². The second kappa shape index (κ2) is 8.55. The number of thioether (sulfide) groups is 1. The summed E-state index contributed by atoms with van der Waals surface area (Å²) in [4.78, 5) is 13.2. The first kappa shape index (κ1) is 20.4. The molecule has 0 bridgehead atoms. The molecule has 0 radical (unpaired) electrons. The van der Waals surface area contributed by atoms with Gasteiger partial charge in [0, 0.05) is 22.8 Å². The van der Waals surface area contributed by atoms with Crippen LogP contribution in [0.15, 0.2) is 98.1 Å². The fourth-order valence-electron chi connectivity index (χ4n) is 4.12. The summed E-state index contributed by atoms with van der Waals surface area (Å²) in [5, 5.41) is 7.90. The largest absolute Gasteiger partial charge is 0.496 e. The molecule has 1 aromatic heterocycles. The van der Waals surface area contributed by atoms with Gasteiger partial charge >= 0.3 is 5.63 Å². The molecule has 0 fully saturated rings. The van der Waals surface area contributed by atoms with Crippen molar-refractivity contribution in [3.8, 4) is 5.75 Å². The van der Waals surface area contributed by atoms with Crippen molar-refractivity contribution in [1.29, 1.82) is 0 Å². The average molecular weight is 443 g/mol. The Labute approximate surface area is 190 Å². The minimum Gasteiger partial charge on any atom is -0.496 e. The molecule has 0 saturated heterocycles. The molecule has 0 saturated carbocycles. The lowest BCUT2D eigenvalue weighted by molar-refractivity contribution is 0.413. The molecular weight excluding hydrogens is 420 g/mol. The standard InChI is InChI=1S/C26H22N2O3S/c1-30-23-14-10-18-11-15-24(29)31-26(18)25(23)21-16-22(17-8-12-20(32-2)13-9-17)28(27-21)19-6-4-3-5-7-19/h3-15,22H,16H2,1-2H3. The van der Waals surface area contributed by atoms with Crippen LogP contribution in [0.2, 0.25) is 0 Å². The van der Waals surface area contributed by atoms with Crippen molar-refractivity contribution in [2.24, 2.45) is 5.10 Å². The van der Waals surface area contributed by atoms with Crippen molar-refractivity contribution >= 4 is 34.1 Å². The third-order valence-corrected chi connectivity index (χ3v) is 6.44. The van der Waals surface area contributed by atoms with E-state index in [-0.39, 0.29) is 6.04 Å². The number of ether oxygens (including phenoxy) is 1. The van der Waals surface area contributed by atoms with E-state index in [1.807, 2.05) is 35.3 Å². The summed E-state index contributed by atoms with van der Waals surface area (Å²) in [6.45, 7) is 0. The molecular formula is C26H22N2O3S. The van der Waals surface area contributed by atoms with Gasteiger partial charge in [-0.1, -0.05) is 30.3 Å². The molecule has 6 heteroatoms. The van der Waals surface area contributed by atoms with Gasteiger partial charge in [0.25, 0.3) is 0 Å². The van der Waals surface area contributed by atoms with Gasteiger partial charge < -0.3 is 9.15 Å². The van der Waals surface area contributed by atoms with Gasteiger partial charge in [-0.2, -0.15) is 5.10 Å². The number of anilines is 1. The quantitative estimate of drug-likeness (QED) is 0.285. The molecule has 160 valence electrons. The van der Waals surface area contributed by atoms with E-state index in [0.29, 0.717) is 17.8 Å². The molecule has 1 atom stereocenters. The van der Waals surface area contributed by atoms with Crippen molar-refractivity contribution in [2.45, 2.75) is 17.4 Å². The molecule has 5 nitrogen and oxygen atoms in total. The highest BCUT2D eigenvalue weighted by atomic mass is 32.2. The van der Waals surface area contributed by atoms with Crippen molar-refractivity contribution < 1.29 is 9.15 Å². The zero-order valence-electron chi connectivity index (χ0n) is 17.8. The van der Waals surface area contributed by atoms with Gasteiger partial charge in [-0.3, -0.25) is 5.01 Å². The summed E-state index contributed by atoms with van der Waals surface area (Å²) in [5.74, 6) is 0.636. The highest BCUT2D eigenvalue weighted by Crippen LogP contribution is 2.40. The number of methoxy groups -OCH3 is 1. The molecule has 1 aliphatic rings. The number of rotatable bonds is 5. The monoisotopic (exact) mass is 442 g/mol. The SMILES string of the molecule is COc1ccc2ccc(=O)oc2c1C1=NN(c2ccccc2)C(c2ccc(SC)cc2)C1. The highest BCUT2D eigenvalue weighted by Gasteiger charge is 2.32. The second-order valence-electron chi connectivity index (χ2n) is 7.54. The number of hydrogen-bond acceptors (Lipinski definition) is 6. The van der Waals surface area contributed by atoms with Crippen LogP contribution in [-0.4, -0.2) is 19.1 Å². The van der Waals surface area contributed by atoms with E-state index >= 15 is 0 Å². The summed E-state index contributed by atoms with van der Waals surface area (Å²) < 4.78 is 11.3. The van der Waals surface area contributed by atoms with Crippen molar-refractivity contribution in [2.75, 3.05) is 18.4 Å². The number of hydrazone groups is 1. The van der Waals surface area contributed by atoms with Crippen molar-refractivity contribution in [1.82, 2.24) is 0 Å². The van der Waals surface area contributed by atoms with E-state index in [1.54, 1.807) is 24.9 Å². The van der Waals surface area contributed by atoms with Gasteiger partial charge in [0.15, 0.2) is 5.58 Å². The predicted molar refractivity (Wildman–Crippen MR) is 130 cm³/mol. The topological polar surface area (TPSA) is 55.0 Å². The fourth-order valence-corrected chi connectivity index (χ4v) is 4.53. The van der Waals surface area contributed by atoms with Crippen LogP contribution in [0, 0.1) is 0 Å². The molecule has 0 aliphatic carbocycles. The Morgan fingerprint density at radius 3 is 2.47 bits per heavy atom. The third kappa shape index (κ3) is 3.67. The Morgan fingerprint density at radius 2 is 1.75 bits per heavy atom. The first-order chi connectivity index (χ1) is 15.7. The van der Waals surface area contributed by atoms with Crippen LogP contribution >= 0.6 is 11.8 Å². The first-order valence-electron chi connectivity index (χ1n) is 10.3. The summed E-state index contributed by atoms with van der Waals surface area (Å²) >= 11 is 1.72. The Hall–Kier alpha value is -3.51. The molecule has 0 spiro atoms. The molecule has 3 aromatic carbocycles. The van der Waals surface area contributed by atoms with Crippen molar-refractivity contribution in [3.05, 3.63) is 100 Å². The van der Waals surface area contributed by atoms with Crippen LogP contribution in [0.5, 0.6) is 5.75 Å². The normalized spacial score (nSPS) is 15.8. The average Bonchev–Trinajstić information content (AvgIpc) is 3.28. The van der Waals surface area contributed by atoms with Crippen LogP contribution in [0.4, 0.5) is 5.69 Å². The first-order valence-corrected chi connectivity index (χ1v) is 11.6. The molecule has 1 aliphatic heterocycles. The number of para-hydroxylation sites is 1. The minimum atomic E-state index is -0.394. The summed E-state index contributed by atoms with van der Waals surface area (Å²) in [7, 11) is 1.62. The Balaban J connectivity index is 1.67. The van der Waals surface area contributed by atoms with E-state index in [9.17, 15) is 4.79 Å². The van der Waals surface area contributed by atoms with Gasteiger partial charge in [0.05, 0.1) is 30.1 Å². The molecule has 2 heterocycles. The van der Waals surface area contributed by atoms with E-state index in [1.165, 1.54) is 16.5 Å². The van der Waals surface area contributed by atoms with E-state index in [4.69, 9.17) is 14.3 Å². The van der Waals surface area contributed by atoms with Crippen LogP contribution in [0.25, 0.3) is 11.0 Å². The number of benzene rings is 3. The lowest BCUT2D eigenvalue weighted by atomic mass is 9.96. The van der Waals surface area contributed by atoms with Gasteiger partial charge in [-0.15, -0.1) is 11.8 Å². The number of fused-ring (bicyclic) bond motifs is 1. The summed E-state index contributed by atoms with van der Waals surface area (Å²) in [5.41, 5.74) is 3.83. The fraction of sp³-hybridized carbons (Fsp3) is 0.154. The van der Waals surface area contributed by atoms with Gasteiger partial charge in [0.2, 0.25) is 0 Å². The maximum absolute atomic E-state index is 12.0. The lowest BCUT2D eigenvalue weighted by Gasteiger charge is -2.24. The van der Waals surface area contributed by atoms with Gasteiger partial charge in [-0.25, -0.2) is 4.79 Å². The Kier molecular flexibility index (Phi) is 5.45. The molecule has 0 N–H and O–H groups in total. The van der Waals surface area contributed by atoms with Gasteiger partial charge in [-0.05, 0) is 54.3 Å². The maximum atomic E-state index is 12.0. The molecule has 1 unspecified atom stereocenters. The zero-order valence-corrected chi connectivity index (χ0v) is 18.6. The van der Waals surface area contributed by atoms with Crippen molar-refractivity contribution in [3.63, 3.8) is 0 Å². The second-order valence-corrected chi connectivity index (χ2v) is 8.42. The Bertz CT molecular complexity index is 1350. The molecule has 0 amide bonds. The van der Waals surface area contributed by atoms with Gasteiger partial charge in [0.1, 0.15) is 5.75 Å². The van der Waals surface area contributed by atoms with Crippen LogP contribution < -0.4 is 15.4 Å². The maximum Gasteiger partial charge on any atom is 0.336 e. The minimum absolute atomic E-state index is 0.0127. The van der Waals surface area contributed by atoms with E-state index in [0.717, 1.165) is 22.3 Å². The van der Waals surface area contributed by atoms with E-state index < -0.39 is 5.63 Å². The molecule has 5 rings (SSSR count). The summed E-state index contributed by atoms with van der Waals surface area (Å²) in [6, 6.07) is 25.7. The number of nitrogens with zero attached hydrogens (tertiary/aromatic N) is 2. The smallest absolute Gasteiger partial charge is 0.336 e. The molecule has 32 heavy (non-hydrogen) atoms. The summed E-state index contributed by atoms with van der Waals surface area (Å²) in [6.07, 6.45) is 2.73. The number of hydrogen-bond donors (Lipinski definition) is 0. The highest BCUT2D eigenvalue weighted by molar-refractivity contribution is 7.98. The van der Waals surface area contributed by atoms with E-state index in [2.05, 4.69) is 42.7 Å². The Morgan fingerprint density at radius 1 is 1.00 bits per heavy atom. The molecule has 4 aromatic rings. The van der Waals surface area contributed by atoms with Crippen LogP contribution in [0.1, 0.15) is 23.6 Å². The third-order valence-electron chi connectivity index (χ3n) is 5.69. The van der Waals surface area contributed by atoms with Crippen LogP contribution in [-0.2, 0) is 0 Å². The lowest BCUT2D eigenvalue weighted by Crippen LogP contribution is -2.18. The predicted octanol–water partition coefficient (Wildman–Crippen LogP) is 5.88. The zero-order chi connectivity index (χ0) is 22.1.